The lowest BCUT2D eigenvalue weighted by molar-refractivity contribution is 0.407. The van der Waals surface area contributed by atoms with Crippen LogP contribution in [0.15, 0.2) is 36.5 Å². The first-order valence-electron chi connectivity index (χ1n) is 7.01. The number of para-hydroxylation sites is 1. The Hall–Kier alpha value is -1.81. The maximum atomic E-state index is 6.24. The second-order valence-electron chi connectivity index (χ2n) is 5.36. The third-order valence-electron chi connectivity index (χ3n) is 3.34. The Balaban J connectivity index is 1.99. The van der Waals surface area contributed by atoms with Gasteiger partial charge in [-0.2, -0.15) is 5.10 Å². The summed E-state index contributed by atoms with van der Waals surface area (Å²) in [5, 5.41) is 4.54. The number of hydrogen-bond donors (Lipinski definition) is 1. The first kappa shape index (κ1) is 14.6. The highest BCUT2D eigenvalue weighted by Gasteiger charge is 2.11. The molecule has 0 aliphatic rings. The van der Waals surface area contributed by atoms with Crippen LogP contribution in [0.3, 0.4) is 0 Å². The maximum Gasteiger partial charge on any atom is 0.122 e. The molecular weight excluding hydrogens is 250 g/mol. The Bertz CT molecular complexity index is 548. The number of aromatic nitrogens is 2. The molecule has 0 bridgehead atoms. The molecule has 0 aliphatic carbocycles. The average Bonchev–Trinajstić information content (AvgIpc) is 2.88. The molecule has 4 nitrogen and oxygen atoms in total. The average molecular weight is 273 g/mol. The highest BCUT2D eigenvalue weighted by atomic mass is 16.5. The Morgan fingerprint density at radius 2 is 1.95 bits per heavy atom. The van der Waals surface area contributed by atoms with Crippen molar-refractivity contribution in [3.63, 3.8) is 0 Å². The summed E-state index contributed by atoms with van der Waals surface area (Å²) in [4.78, 5) is 0. The third kappa shape index (κ3) is 3.61. The zero-order chi connectivity index (χ0) is 14.5. The Morgan fingerprint density at radius 1 is 1.20 bits per heavy atom. The quantitative estimate of drug-likeness (QED) is 0.880. The van der Waals surface area contributed by atoms with Crippen LogP contribution in [0.25, 0.3) is 0 Å². The Kier molecular flexibility index (Phi) is 4.79. The lowest BCUT2D eigenvalue weighted by atomic mass is 10.0. The molecule has 1 heterocycles. The lowest BCUT2D eigenvalue weighted by Gasteiger charge is -2.13. The van der Waals surface area contributed by atoms with E-state index in [2.05, 4.69) is 25.0 Å². The summed E-state index contributed by atoms with van der Waals surface area (Å²) in [6.45, 7) is 4.23. The van der Waals surface area contributed by atoms with Gasteiger partial charge in [0.1, 0.15) is 5.75 Å². The van der Waals surface area contributed by atoms with Crippen LogP contribution in [0.2, 0.25) is 0 Å². The molecule has 4 heteroatoms. The number of benzene rings is 1. The third-order valence-corrected chi connectivity index (χ3v) is 3.34. The summed E-state index contributed by atoms with van der Waals surface area (Å²) in [7, 11) is 1.69. The van der Waals surface area contributed by atoms with Gasteiger partial charge in [-0.1, -0.05) is 18.2 Å². The van der Waals surface area contributed by atoms with Gasteiger partial charge >= 0.3 is 0 Å². The number of nitrogens with two attached hydrogens (primary N) is 1. The van der Waals surface area contributed by atoms with Crippen molar-refractivity contribution < 1.29 is 4.74 Å². The fraction of sp³-hybridized carbons (Fsp3) is 0.438. The van der Waals surface area contributed by atoms with E-state index in [1.54, 1.807) is 7.11 Å². The Labute approximate surface area is 120 Å². The monoisotopic (exact) mass is 273 g/mol. The van der Waals surface area contributed by atoms with E-state index in [4.69, 9.17) is 10.5 Å². The molecule has 1 atom stereocenters. The standard InChI is InChI=1S/C16H23N3O/c1-12(2)19-9-8-15(18-19)11-14(17)10-13-6-4-5-7-16(13)20-3/h4-9,12,14H,10-11,17H2,1-3H3. The highest BCUT2D eigenvalue weighted by Crippen LogP contribution is 2.19. The van der Waals surface area contributed by atoms with Crippen LogP contribution in [0.5, 0.6) is 5.75 Å². The normalized spacial score (nSPS) is 12.7. The van der Waals surface area contributed by atoms with Crippen molar-refractivity contribution in [2.24, 2.45) is 5.73 Å². The number of hydrogen-bond acceptors (Lipinski definition) is 3. The predicted octanol–water partition coefficient (Wildman–Crippen LogP) is 2.59. The fourth-order valence-corrected chi connectivity index (χ4v) is 2.27. The first-order chi connectivity index (χ1) is 9.60. The summed E-state index contributed by atoms with van der Waals surface area (Å²) in [6, 6.07) is 10.5. The topological polar surface area (TPSA) is 53.1 Å². The smallest absolute Gasteiger partial charge is 0.122 e. The minimum absolute atomic E-state index is 0.0433. The predicted molar refractivity (Wildman–Crippen MR) is 81.0 cm³/mol. The molecule has 0 spiro atoms. The van der Waals surface area contributed by atoms with Gasteiger partial charge in [-0.05, 0) is 38.0 Å². The fourth-order valence-electron chi connectivity index (χ4n) is 2.27. The van der Waals surface area contributed by atoms with Crippen LogP contribution >= 0.6 is 0 Å². The minimum Gasteiger partial charge on any atom is -0.496 e. The van der Waals surface area contributed by atoms with E-state index in [1.165, 1.54) is 0 Å². The molecule has 0 saturated carbocycles. The van der Waals surface area contributed by atoms with E-state index >= 15 is 0 Å². The zero-order valence-corrected chi connectivity index (χ0v) is 12.4. The van der Waals surface area contributed by atoms with Crippen LogP contribution in [0, 0.1) is 0 Å². The van der Waals surface area contributed by atoms with E-state index in [-0.39, 0.29) is 6.04 Å². The second kappa shape index (κ2) is 6.57. The molecule has 0 aliphatic heterocycles. The van der Waals surface area contributed by atoms with Gasteiger partial charge in [0.15, 0.2) is 0 Å². The van der Waals surface area contributed by atoms with E-state index in [9.17, 15) is 0 Å². The van der Waals surface area contributed by atoms with Gasteiger partial charge in [0, 0.05) is 24.7 Å². The SMILES string of the molecule is COc1ccccc1CC(N)Cc1ccn(C(C)C)n1. The lowest BCUT2D eigenvalue weighted by Crippen LogP contribution is -2.26. The molecule has 0 saturated heterocycles. The number of rotatable bonds is 6. The van der Waals surface area contributed by atoms with Crippen molar-refractivity contribution in [3.05, 3.63) is 47.8 Å². The molecule has 20 heavy (non-hydrogen) atoms. The number of ether oxygens (including phenoxy) is 1. The maximum absolute atomic E-state index is 6.24. The summed E-state index contributed by atoms with van der Waals surface area (Å²) >= 11 is 0. The Morgan fingerprint density at radius 3 is 2.60 bits per heavy atom. The van der Waals surface area contributed by atoms with E-state index in [0.717, 1.165) is 29.8 Å². The number of nitrogens with zero attached hydrogens (tertiary/aromatic N) is 2. The molecule has 0 radical (unpaired) electrons. The van der Waals surface area contributed by atoms with Gasteiger partial charge in [-0.15, -0.1) is 0 Å². The van der Waals surface area contributed by atoms with E-state index in [0.29, 0.717) is 6.04 Å². The van der Waals surface area contributed by atoms with E-state index in [1.807, 2.05) is 35.1 Å². The van der Waals surface area contributed by atoms with Crippen LogP contribution in [0.1, 0.15) is 31.1 Å². The minimum atomic E-state index is 0.0433. The van der Waals surface area contributed by atoms with Crippen molar-refractivity contribution in [3.8, 4) is 5.75 Å². The van der Waals surface area contributed by atoms with Gasteiger partial charge in [0.05, 0.1) is 12.8 Å². The van der Waals surface area contributed by atoms with Gasteiger partial charge < -0.3 is 10.5 Å². The van der Waals surface area contributed by atoms with Crippen LogP contribution in [-0.2, 0) is 12.8 Å². The van der Waals surface area contributed by atoms with Gasteiger partial charge in [-0.3, -0.25) is 4.68 Å². The van der Waals surface area contributed by atoms with Crippen molar-refractivity contribution in [2.45, 2.75) is 38.8 Å². The molecule has 0 fully saturated rings. The van der Waals surface area contributed by atoms with Gasteiger partial charge in [0.2, 0.25) is 0 Å². The van der Waals surface area contributed by atoms with E-state index < -0.39 is 0 Å². The summed E-state index contributed by atoms with van der Waals surface area (Å²) in [6.07, 6.45) is 3.58. The van der Waals surface area contributed by atoms with Gasteiger partial charge in [-0.25, -0.2) is 0 Å². The molecule has 1 unspecified atom stereocenters. The van der Waals surface area contributed by atoms with Crippen LogP contribution in [0.4, 0.5) is 0 Å². The molecule has 2 aromatic rings. The largest absolute Gasteiger partial charge is 0.496 e. The van der Waals surface area contributed by atoms with Crippen LogP contribution in [-0.4, -0.2) is 22.9 Å². The molecular formula is C16H23N3O. The molecule has 2 rings (SSSR count). The van der Waals surface area contributed by atoms with Gasteiger partial charge in [0.25, 0.3) is 0 Å². The molecule has 1 aromatic carbocycles. The second-order valence-corrected chi connectivity index (χ2v) is 5.36. The molecule has 1 aromatic heterocycles. The summed E-state index contributed by atoms with van der Waals surface area (Å²) in [5.41, 5.74) is 8.43. The number of methoxy groups -OCH3 is 1. The molecule has 108 valence electrons. The van der Waals surface area contributed by atoms with Crippen LogP contribution < -0.4 is 10.5 Å². The zero-order valence-electron chi connectivity index (χ0n) is 12.4. The summed E-state index contributed by atoms with van der Waals surface area (Å²) in [5.74, 6) is 0.899. The van der Waals surface area contributed by atoms with Crippen molar-refractivity contribution in [1.29, 1.82) is 0 Å². The summed E-state index contributed by atoms with van der Waals surface area (Å²) < 4.78 is 7.32. The van der Waals surface area contributed by atoms with Crippen molar-refractivity contribution in [2.75, 3.05) is 7.11 Å². The molecule has 0 amide bonds. The highest BCUT2D eigenvalue weighted by molar-refractivity contribution is 5.33. The first-order valence-corrected chi connectivity index (χ1v) is 7.01. The molecule has 2 N–H and O–H groups in total. The van der Waals surface area contributed by atoms with Crippen molar-refractivity contribution in [1.82, 2.24) is 9.78 Å². The van der Waals surface area contributed by atoms with Crippen molar-refractivity contribution >= 4 is 0 Å².